The molecule has 1 heterocycles. The van der Waals surface area contributed by atoms with Gasteiger partial charge in [0.05, 0.1) is 6.61 Å². The van der Waals surface area contributed by atoms with Crippen LogP contribution in [0.2, 0.25) is 5.02 Å². The standard InChI is InChI=1S/C6H7ClN2O3/c1-2-11-6(10)4-3(7)5(8)12-9-4/h2,8H2,1H3. The summed E-state index contributed by atoms with van der Waals surface area (Å²) in [4.78, 5) is 11.0. The number of halogens is 1. The lowest BCUT2D eigenvalue weighted by Gasteiger charge is -1.95. The molecule has 0 aliphatic rings. The molecule has 0 aromatic carbocycles. The van der Waals surface area contributed by atoms with Crippen LogP contribution in [-0.4, -0.2) is 17.7 Å². The SMILES string of the molecule is CCOC(=O)c1noc(N)c1Cl. The van der Waals surface area contributed by atoms with Gasteiger partial charge in [0.25, 0.3) is 0 Å². The smallest absolute Gasteiger partial charge is 0.362 e. The van der Waals surface area contributed by atoms with Gasteiger partial charge in [0.15, 0.2) is 0 Å². The molecule has 0 atom stereocenters. The Morgan fingerprint density at radius 3 is 2.92 bits per heavy atom. The molecule has 66 valence electrons. The predicted octanol–water partition coefficient (Wildman–Crippen LogP) is 1.09. The Morgan fingerprint density at radius 1 is 1.83 bits per heavy atom. The van der Waals surface area contributed by atoms with Crippen LogP contribution in [0.4, 0.5) is 5.88 Å². The van der Waals surface area contributed by atoms with Gasteiger partial charge in [-0.25, -0.2) is 4.79 Å². The summed E-state index contributed by atoms with van der Waals surface area (Å²) in [6, 6.07) is 0. The van der Waals surface area contributed by atoms with Crippen molar-refractivity contribution in [2.45, 2.75) is 6.92 Å². The summed E-state index contributed by atoms with van der Waals surface area (Å²) in [5.74, 6) is -0.720. The van der Waals surface area contributed by atoms with Crippen molar-refractivity contribution in [3.05, 3.63) is 10.7 Å². The average Bonchev–Trinajstić information content (AvgIpc) is 2.34. The molecular weight excluding hydrogens is 184 g/mol. The van der Waals surface area contributed by atoms with Gasteiger partial charge in [-0.15, -0.1) is 0 Å². The number of carbonyl (C=O) groups excluding carboxylic acids is 1. The van der Waals surface area contributed by atoms with Crippen LogP contribution in [0.5, 0.6) is 0 Å². The molecule has 0 spiro atoms. The van der Waals surface area contributed by atoms with Crippen LogP contribution in [0.3, 0.4) is 0 Å². The molecule has 1 rings (SSSR count). The molecule has 0 bridgehead atoms. The summed E-state index contributed by atoms with van der Waals surface area (Å²) in [5, 5.41) is 3.32. The van der Waals surface area contributed by atoms with Crippen molar-refractivity contribution in [1.82, 2.24) is 5.16 Å². The molecule has 0 saturated heterocycles. The van der Waals surface area contributed by atoms with Gasteiger partial charge in [-0.05, 0) is 6.92 Å². The molecule has 0 radical (unpaired) electrons. The third-order valence-corrected chi connectivity index (χ3v) is 1.49. The molecule has 0 saturated carbocycles. The van der Waals surface area contributed by atoms with Gasteiger partial charge < -0.3 is 15.0 Å². The fraction of sp³-hybridized carbons (Fsp3) is 0.333. The number of aromatic nitrogens is 1. The van der Waals surface area contributed by atoms with E-state index in [1.54, 1.807) is 6.92 Å². The Morgan fingerprint density at radius 2 is 2.50 bits per heavy atom. The van der Waals surface area contributed by atoms with E-state index in [0.29, 0.717) is 0 Å². The van der Waals surface area contributed by atoms with E-state index < -0.39 is 5.97 Å². The highest BCUT2D eigenvalue weighted by Gasteiger charge is 2.19. The van der Waals surface area contributed by atoms with Crippen molar-refractivity contribution in [3.63, 3.8) is 0 Å². The highest BCUT2D eigenvalue weighted by Crippen LogP contribution is 2.22. The Hall–Kier alpha value is -1.23. The molecule has 1 aromatic heterocycles. The minimum absolute atomic E-state index is 0.00606. The van der Waals surface area contributed by atoms with Crippen LogP contribution < -0.4 is 5.73 Å². The molecule has 0 amide bonds. The third kappa shape index (κ3) is 1.50. The van der Waals surface area contributed by atoms with Gasteiger partial charge in [-0.3, -0.25) is 0 Å². The normalized spacial score (nSPS) is 9.83. The maximum atomic E-state index is 11.0. The quantitative estimate of drug-likeness (QED) is 0.707. The Bertz CT molecular complexity index is 297. The van der Waals surface area contributed by atoms with Crippen molar-refractivity contribution in [3.8, 4) is 0 Å². The fourth-order valence-electron chi connectivity index (χ4n) is 0.618. The van der Waals surface area contributed by atoms with Crippen molar-refractivity contribution in [1.29, 1.82) is 0 Å². The van der Waals surface area contributed by atoms with E-state index in [4.69, 9.17) is 17.3 Å². The first-order valence-corrected chi connectivity index (χ1v) is 3.62. The maximum Gasteiger partial charge on any atom is 0.362 e. The summed E-state index contributed by atoms with van der Waals surface area (Å²) in [6.45, 7) is 1.93. The molecule has 1 aromatic rings. The third-order valence-electron chi connectivity index (χ3n) is 1.13. The van der Waals surface area contributed by atoms with E-state index in [1.165, 1.54) is 0 Å². The monoisotopic (exact) mass is 190 g/mol. The maximum absolute atomic E-state index is 11.0. The lowest BCUT2D eigenvalue weighted by Crippen LogP contribution is -2.05. The number of nitrogens with zero attached hydrogens (tertiary/aromatic N) is 1. The number of ether oxygens (including phenoxy) is 1. The van der Waals surface area contributed by atoms with Gasteiger partial charge in [0.2, 0.25) is 11.6 Å². The van der Waals surface area contributed by atoms with Gasteiger partial charge in [0, 0.05) is 0 Å². The zero-order chi connectivity index (χ0) is 9.14. The Labute approximate surface area is 73.4 Å². The lowest BCUT2D eigenvalue weighted by molar-refractivity contribution is 0.0515. The Kier molecular flexibility index (Phi) is 2.54. The van der Waals surface area contributed by atoms with E-state index in [2.05, 4.69) is 14.4 Å². The number of anilines is 1. The van der Waals surface area contributed by atoms with Crippen molar-refractivity contribution in [2.24, 2.45) is 0 Å². The predicted molar refractivity (Wildman–Crippen MR) is 41.9 cm³/mol. The summed E-state index contributed by atoms with van der Waals surface area (Å²) in [6.07, 6.45) is 0. The summed E-state index contributed by atoms with van der Waals surface area (Å²) in [5.41, 5.74) is 5.12. The number of hydrogen-bond donors (Lipinski definition) is 1. The van der Waals surface area contributed by atoms with Gasteiger partial charge in [-0.1, -0.05) is 16.8 Å². The molecule has 6 heteroatoms. The second-order valence-electron chi connectivity index (χ2n) is 1.93. The number of hydrogen-bond acceptors (Lipinski definition) is 5. The van der Waals surface area contributed by atoms with Crippen LogP contribution in [0, 0.1) is 0 Å². The van der Waals surface area contributed by atoms with E-state index in [9.17, 15) is 4.79 Å². The molecule has 5 nitrogen and oxygen atoms in total. The Balaban J connectivity index is 2.88. The van der Waals surface area contributed by atoms with Gasteiger partial charge >= 0.3 is 5.97 Å². The zero-order valence-electron chi connectivity index (χ0n) is 6.33. The largest absolute Gasteiger partial charge is 0.461 e. The van der Waals surface area contributed by atoms with Gasteiger partial charge in [0.1, 0.15) is 5.02 Å². The number of carbonyl (C=O) groups is 1. The minimum Gasteiger partial charge on any atom is -0.461 e. The highest BCUT2D eigenvalue weighted by molar-refractivity contribution is 6.35. The van der Waals surface area contributed by atoms with E-state index in [0.717, 1.165) is 0 Å². The summed E-state index contributed by atoms with van der Waals surface area (Å²) in [7, 11) is 0. The van der Waals surface area contributed by atoms with Crippen molar-refractivity contribution >= 4 is 23.5 Å². The van der Waals surface area contributed by atoms with Crippen molar-refractivity contribution < 1.29 is 14.1 Å². The number of esters is 1. The first-order chi connectivity index (χ1) is 5.66. The summed E-state index contributed by atoms with van der Waals surface area (Å²) >= 11 is 5.56. The second-order valence-corrected chi connectivity index (χ2v) is 2.31. The molecule has 0 fully saturated rings. The minimum atomic E-state index is -0.636. The molecule has 12 heavy (non-hydrogen) atoms. The first-order valence-electron chi connectivity index (χ1n) is 3.24. The lowest BCUT2D eigenvalue weighted by atomic mass is 10.4. The fourth-order valence-corrected chi connectivity index (χ4v) is 0.764. The number of rotatable bonds is 2. The van der Waals surface area contributed by atoms with Crippen molar-refractivity contribution in [2.75, 3.05) is 12.3 Å². The molecule has 2 N–H and O–H groups in total. The topological polar surface area (TPSA) is 78.3 Å². The van der Waals surface area contributed by atoms with Gasteiger partial charge in [-0.2, -0.15) is 0 Å². The van der Waals surface area contributed by atoms with Crippen LogP contribution in [0.25, 0.3) is 0 Å². The number of nitrogens with two attached hydrogens (primary N) is 1. The molecular formula is C6H7ClN2O3. The highest BCUT2D eigenvalue weighted by atomic mass is 35.5. The summed E-state index contributed by atoms with van der Waals surface area (Å²) < 4.78 is 9.08. The van der Waals surface area contributed by atoms with E-state index in [-0.39, 0.29) is 23.2 Å². The first kappa shape index (κ1) is 8.86. The molecule has 0 aliphatic carbocycles. The van der Waals surface area contributed by atoms with Crippen LogP contribution >= 0.6 is 11.6 Å². The van der Waals surface area contributed by atoms with E-state index >= 15 is 0 Å². The van der Waals surface area contributed by atoms with Crippen LogP contribution in [0.1, 0.15) is 17.4 Å². The average molecular weight is 191 g/mol. The molecule has 0 unspecified atom stereocenters. The van der Waals surface area contributed by atoms with Crippen LogP contribution in [0.15, 0.2) is 4.52 Å². The molecule has 0 aliphatic heterocycles. The van der Waals surface area contributed by atoms with E-state index in [1.807, 2.05) is 0 Å². The zero-order valence-corrected chi connectivity index (χ0v) is 7.09. The van der Waals surface area contributed by atoms with Crippen LogP contribution in [-0.2, 0) is 4.74 Å². The number of nitrogen functional groups attached to an aromatic ring is 1. The second kappa shape index (κ2) is 3.44.